The first-order valence-corrected chi connectivity index (χ1v) is 10.1. The number of carbonyl (C=O) groups is 1. The van der Waals surface area contributed by atoms with Gasteiger partial charge in [0.05, 0.1) is 11.1 Å². The van der Waals surface area contributed by atoms with Crippen LogP contribution in [0.2, 0.25) is 0 Å². The molecule has 6 nitrogen and oxygen atoms in total. The van der Waals surface area contributed by atoms with Crippen molar-refractivity contribution in [2.75, 3.05) is 5.32 Å². The summed E-state index contributed by atoms with van der Waals surface area (Å²) in [6.07, 6.45) is 4.65. The predicted molar refractivity (Wildman–Crippen MR) is 101 cm³/mol. The summed E-state index contributed by atoms with van der Waals surface area (Å²) in [6.45, 7) is 2.03. The van der Waals surface area contributed by atoms with Crippen molar-refractivity contribution in [2.45, 2.75) is 45.4 Å². The van der Waals surface area contributed by atoms with Gasteiger partial charge in [0, 0.05) is 23.1 Å². The Morgan fingerprint density at radius 3 is 3.04 bits per heavy atom. The average molecular weight is 374 g/mol. The van der Waals surface area contributed by atoms with Crippen molar-refractivity contribution in [2.24, 2.45) is 0 Å². The third kappa shape index (κ3) is 3.23. The standard InChI is InChI=1S/C17H18N4O2S2/c1-2-9-8-24-17(18-9)21-13(22)7-6-12-19-15(23)14-10-4-3-5-11(10)25-16(14)20-12/h8H,2-7H2,1H3,(H,18,21,22)(H,19,20,23). The first kappa shape index (κ1) is 16.4. The molecule has 1 aliphatic rings. The summed E-state index contributed by atoms with van der Waals surface area (Å²) in [5, 5.41) is 6.11. The monoisotopic (exact) mass is 374 g/mol. The van der Waals surface area contributed by atoms with Gasteiger partial charge in [-0.15, -0.1) is 22.7 Å². The predicted octanol–water partition coefficient (Wildman–Crippen LogP) is 3.06. The molecular weight excluding hydrogens is 356 g/mol. The van der Waals surface area contributed by atoms with Crippen LogP contribution in [-0.4, -0.2) is 20.9 Å². The van der Waals surface area contributed by atoms with Gasteiger partial charge >= 0.3 is 0 Å². The maximum atomic E-state index is 12.4. The highest BCUT2D eigenvalue weighted by Gasteiger charge is 2.21. The molecular formula is C17H18N4O2S2. The minimum atomic E-state index is -0.117. The fourth-order valence-corrected chi connectivity index (χ4v) is 5.20. The second-order valence-electron chi connectivity index (χ2n) is 6.10. The molecule has 0 aliphatic heterocycles. The molecule has 0 unspecified atom stereocenters. The van der Waals surface area contributed by atoms with E-state index in [-0.39, 0.29) is 17.9 Å². The fraction of sp³-hybridized carbons (Fsp3) is 0.412. The maximum absolute atomic E-state index is 12.4. The zero-order chi connectivity index (χ0) is 17.4. The van der Waals surface area contributed by atoms with Crippen LogP contribution >= 0.6 is 22.7 Å². The molecule has 0 saturated carbocycles. The molecule has 1 amide bonds. The van der Waals surface area contributed by atoms with Crippen LogP contribution in [-0.2, 0) is 30.5 Å². The van der Waals surface area contributed by atoms with Crippen molar-refractivity contribution in [1.29, 1.82) is 0 Å². The van der Waals surface area contributed by atoms with Crippen LogP contribution in [0.15, 0.2) is 10.2 Å². The molecule has 8 heteroatoms. The van der Waals surface area contributed by atoms with E-state index >= 15 is 0 Å². The first-order valence-electron chi connectivity index (χ1n) is 8.41. The summed E-state index contributed by atoms with van der Waals surface area (Å²) < 4.78 is 0. The Hall–Kier alpha value is -2.06. The van der Waals surface area contributed by atoms with Crippen molar-refractivity contribution < 1.29 is 4.79 Å². The number of hydrogen-bond donors (Lipinski definition) is 2. The number of aryl methyl sites for hydroxylation is 4. The molecule has 3 aromatic heterocycles. The number of nitrogens with zero attached hydrogens (tertiary/aromatic N) is 2. The first-order chi connectivity index (χ1) is 12.1. The van der Waals surface area contributed by atoms with E-state index in [1.165, 1.54) is 21.8 Å². The van der Waals surface area contributed by atoms with Gasteiger partial charge in [-0.25, -0.2) is 9.97 Å². The van der Waals surface area contributed by atoms with Gasteiger partial charge in [0.15, 0.2) is 5.13 Å². The number of thiazole rings is 1. The van der Waals surface area contributed by atoms with Crippen molar-refractivity contribution in [3.8, 4) is 0 Å². The summed E-state index contributed by atoms with van der Waals surface area (Å²) in [6, 6.07) is 0. The molecule has 25 heavy (non-hydrogen) atoms. The number of nitrogens with one attached hydrogen (secondary N) is 2. The maximum Gasteiger partial charge on any atom is 0.259 e. The molecule has 1 aliphatic carbocycles. The van der Waals surface area contributed by atoms with Gasteiger partial charge < -0.3 is 10.3 Å². The Morgan fingerprint density at radius 1 is 1.36 bits per heavy atom. The lowest BCUT2D eigenvalue weighted by Gasteiger charge is -2.02. The van der Waals surface area contributed by atoms with Crippen LogP contribution in [0.25, 0.3) is 10.2 Å². The zero-order valence-corrected chi connectivity index (χ0v) is 15.5. The Bertz CT molecular complexity index is 1000. The van der Waals surface area contributed by atoms with Gasteiger partial charge in [-0.1, -0.05) is 6.92 Å². The second kappa shape index (κ2) is 6.68. The third-order valence-electron chi connectivity index (χ3n) is 4.37. The van der Waals surface area contributed by atoms with E-state index in [0.717, 1.165) is 41.6 Å². The van der Waals surface area contributed by atoms with Gasteiger partial charge in [0.1, 0.15) is 10.7 Å². The number of hydrogen-bond acceptors (Lipinski definition) is 6. The highest BCUT2D eigenvalue weighted by Crippen LogP contribution is 2.34. The normalized spacial score (nSPS) is 13.3. The number of rotatable bonds is 5. The lowest BCUT2D eigenvalue weighted by Crippen LogP contribution is -2.16. The van der Waals surface area contributed by atoms with E-state index in [4.69, 9.17) is 0 Å². The molecule has 2 N–H and O–H groups in total. The average Bonchev–Trinajstić information content (AvgIpc) is 3.28. The molecule has 0 aromatic carbocycles. The number of aromatic amines is 1. The number of amides is 1. The number of fused-ring (bicyclic) bond motifs is 3. The lowest BCUT2D eigenvalue weighted by molar-refractivity contribution is -0.116. The van der Waals surface area contributed by atoms with Crippen molar-refractivity contribution in [3.63, 3.8) is 0 Å². The van der Waals surface area contributed by atoms with Crippen LogP contribution in [0.4, 0.5) is 5.13 Å². The number of aromatic nitrogens is 3. The van der Waals surface area contributed by atoms with Crippen LogP contribution in [0.5, 0.6) is 0 Å². The molecule has 0 radical (unpaired) electrons. The molecule has 130 valence electrons. The van der Waals surface area contributed by atoms with E-state index in [0.29, 0.717) is 17.4 Å². The van der Waals surface area contributed by atoms with Gasteiger partial charge in [0.25, 0.3) is 5.56 Å². The fourth-order valence-electron chi connectivity index (χ4n) is 3.11. The van der Waals surface area contributed by atoms with E-state index in [1.54, 1.807) is 11.3 Å². The molecule has 3 aromatic rings. The SMILES string of the molecule is CCc1csc(NC(=O)CCc2nc3sc4c(c3c(=O)[nH]2)CCC4)n1. The summed E-state index contributed by atoms with van der Waals surface area (Å²) in [4.78, 5) is 38.3. The minimum absolute atomic E-state index is 0.0766. The van der Waals surface area contributed by atoms with Crippen molar-refractivity contribution in [3.05, 3.63) is 37.7 Å². The Balaban J connectivity index is 1.46. The third-order valence-corrected chi connectivity index (χ3v) is 6.37. The Morgan fingerprint density at radius 2 is 2.24 bits per heavy atom. The highest BCUT2D eigenvalue weighted by atomic mass is 32.1. The topological polar surface area (TPSA) is 87.7 Å². The Kier molecular flexibility index (Phi) is 4.39. The van der Waals surface area contributed by atoms with Gasteiger partial charge in [-0.3, -0.25) is 9.59 Å². The number of H-pyrrole nitrogens is 1. The van der Waals surface area contributed by atoms with E-state index in [2.05, 4.69) is 20.3 Å². The van der Waals surface area contributed by atoms with Crippen molar-refractivity contribution in [1.82, 2.24) is 15.0 Å². The smallest absolute Gasteiger partial charge is 0.259 e. The van der Waals surface area contributed by atoms with Crippen LogP contribution in [0.3, 0.4) is 0 Å². The van der Waals surface area contributed by atoms with Gasteiger partial charge in [-0.2, -0.15) is 0 Å². The number of carbonyl (C=O) groups excluding carboxylic acids is 1. The lowest BCUT2D eigenvalue weighted by atomic mass is 10.2. The van der Waals surface area contributed by atoms with E-state index in [1.807, 2.05) is 12.3 Å². The van der Waals surface area contributed by atoms with E-state index < -0.39 is 0 Å². The Labute approximate surface area is 152 Å². The summed E-state index contributed by atoms with van der Waals surface area (Å²) >= 11 is 3.04. The van der Waals surface area contributed by atoms with E-state index in [9.17, 15) is 9.59 Å². The quantitative estimate of drug-likeness (QED) is 0.718. The molecule has 0 bridgehead atoms. The minimum Gasteiger partial charge on any atom is -0.310 e. The summed E-state index contributed by atoms with van der Waals surface area (Å²) in [7, 11) is 0. The van der Waals surface area contributed by atoms with Crippen molar-refractivity contribution >= 4 is 43.9 Å². The van der Waals surface area contributed by atoms with Crippen LogP contribution < -0.4 is 10.9 Å². The molecule has 3 heterocycles. The highest BCUT2D eigenvalue weighted by molar-refractivity contribution is 7.18. The molecule has 0 saturated heterocycles. The molecule has 0 fully saturated rings. The van der Waals surface area contributed by atoms with Crippen LogP contribution in [0.1, 0.15) is 41.7 Å². The number of anilines is 1. The summed E-state index contributed by atoms with van der Waals surface area (Å²) in [5.74, 6) is 0.453. The van der Waals surface area contributed by atoms with Gasteiger partial charge in [0.2, 0.25) is 5.91 Å². The number of thiophene rings is 1. The van der Waals surface area contributed by atoms with Crippen LogP contribution in [0, 0.1) is 0 Å². The summed E-state index contributed by atoms with van der Waals surface area (Å²) in [5.41, 5.74) is 2.07. The molecule has 0 spiro atoms. The second-order valence-corrected chi connectivity index (χ2v) is 8.04. The molecule has 0 atom stereocenters. The molecule has 4 rings (SSSR count). The largest absolute Gasteiger partial charge is 0.310 e. The van der Waals surface area contributed by atoms with Gasteiger partial charge in [-0.05, 0) is 31.2 Å². The zero-order valence-electron chi connectivity index (χ0n) is 13.8.